The minimum atomic E-state index is -0.271. The molecule has 0 spiro atoms. The monoisotopic (exact) mass is 295 g/mol. The molecule has 1 unspecified atom stereocenters. The number of hydroxylamine groups is 2. The van der Waals surface area contributed by atoms with Gasteiger partial charge in [-0.3, -0.25) is 9.63 Å². The van der Waals surface area contributed by atoms with Gasteiger partial charge in [0.2, 0.25) is 0 Å². The highest BCUT2D eigenvalue weighted by molar-refractivity contribution is 5.93. The zero-order chi connectivity index (χ0) is 15.4. The summed E-state index contributed by atoms with van der Waals surface area (Å²) in [6.45, 7) is 0.445. The van der Waals surface area contributed by atoms with Crippen LogP contribution in [-0.2, 0) is 4.84 Å². The van der Waals surface area contributed by atoms with Crippen LogP contribution in [0.2, 0.25) is 0 Å². The maximum Gasteiger partial charge on any atom is 0.277 e. The summed E-state index contributed by atoms with van der Waals surface area (Å²) in [4.78, 5) is 18.2. The van der Waals surface area contributed by atoms with Crippen LogP contribution in [0.4, 0.5) is 0 Å². The van der Waals surface area contributed by atoms with E-state index in [1.807, 2.05) is 54.6 Å². The fraction of sp³-hybridized carbons (Fsp3) is 0.167. The Kier molecular flexibility index (Phi) is 4.21. The molecule has 0 bridgehead atoms. The van der Waals surface area contributed by atoms with Crippen molar-refractivity contribution >= 4 is 5.91 Å². The Hall–Kier alpha value is -2.59. The van der Waals surface area contributed by atoms with E-state index in [1.165, 1.54) is 5.06 Å². The molecule has 0 aliphatic carbocycles. The maximum atomic E-state index is 12.4. The van der Waals surface area contributed by atoms with Gasteiger partial charge in [-0.15, -0.1) is 0 Å². The number of benzene rings is 2. The lowest BCUT2D eigenvalue weighted by molar-refractivity contribution is -0.151. The second-order valence-corrected chi connectivity index (χ2v) is 4.96. The zero-order valence-corrected chi connectivity index (χ0v) is 12.3. The summed E-state index contributed by atoms with van der Waals surface area (Å²) in [6, 6.07) is 16.8. The molecule has 0 aromatic heterocycles. The average Bonchev–Trinajstić information content (AvgIpc) is 2.62. The van der Waals surface area contributed by atoms with Crippen molar-refractivity contribution in [3.8, 4) is 5.75 Å². The fourth-order valence-electron chi connectivity index (χ4n) is 2.32. The number of nitrogens with zero attached hydrogens (tertiary/aromatic N) is 1. The van der Waals surface area contributed by atoms with Gasteiger partial charge in [-0.2, -0.15) is 0 Å². The number of carbonyl (C=O) groups is 1. The largest absolute Gasteiger partial charge is 0.497 e. The predicted octanol–water partition coefficient (Wildman–Crippen LogP) is 3.38. The van der Waals surface area contributed by atoms with Gasteiger partial charge >= 0.3 is 0 Å². The molecular weight excluding hydrogens is 278 g/mol. The number of amides is 1. The van der Waals surface area contributed by atoms with Crippen molar-refractivity contribution in [1.29, 1.82) is 0 Å². The van der Waals surface area contributed by atoms with Crippen LogP contribution in [0, 0.1) is 0 Å². The quantitative estimate of drug-likeness (QED) is 0.815. The molecule has 112 valence electrons. The van der Waals surface area contributed by atoms with Gasteiger partial charge in [0.05, 0.1) is 13.7 Å². The third-order valence-electron chi connectivity index (χ3n) is 3.51. The lowest BCUT2D eigenvalue weighted by Gasteiger charge is -2.28. The maximum absolute atomic E-state index is 12.4. The molecule has 0 saturated heterocycles. The van der Waals surface area contributed by atoms with Crippen molar-refractivity contribution in [2.75, 3.05) is 13.7 Å². The number of ether oxygens (including phenoxy) is 1. The number of methoxy groups -OCH3 is 1. The van der Waals surface area contributed by atoms with E-state index in [2.05, 4.69) is 0 Å². The molecule has 0 radical (unpaired) electrons. The number of carbonyl (C=O) groups excluding carboxylic acids is 1. The molecule has 1 aliphatic rings. The summed E-state index contributed by atoms with van der Waals surface area (Å²) in [6.07, 6.45) is 3.63. The van der Waals surface area contributed by atoms with Gasteiger partial charge in [0, 0.05) is 5.56 Å². The molecule has 0 fully saturated rings. The molecule has 3 rings (SSSR count). The normalized spacial score (nSPS) is 17.3. The van der Waals surface area contributed by atoms with Crippen molar-refractivity contribution < 1.29 is 14.4 Å². The molecule has 1 heterocycles. The molecule has 2 aromatic carbocycles. The first-order valence-corrected chi connectivity index (χ1v) is 7.12. The predicted molar refractivity (Wildman–Crippen MR) is 83.4 cm³/mol. The summed E-state index contributed by atoms with van der Waals surface area (Å²) in [5, 5.41) is 1.39. The van der Waals surface area contributed by atoms with Crippen molar-refractivity contribution in [2.45, 2.75) is 6.10 Å². The van der Waals surface area contributed by atoms with Crippen LogP contribution >= 0.6 is 0 Å². The van der Waals surface area contributed by atoms with Gasteiger partial charge in [0.15, 0.2) is 0 Å². The van der Waals surface area contributed by atoms with Gasteiger partial charge in [0.25, 0.3) is 5.91 Å². The molecular formula is C18H17NO3. The van der Waals surface area contributed by atoms with Crippen LogP contribution in [0.25, 0.3) is 0 Å². The van der Waals surface area contributed by atoms with Crippen molar-refractivity contribution in [1.82, 2.24) is 5.06 Å². The third-order valence-corrected chi connectivity index (χ3v) is 3.51. The van der Waals surface area contributed by atoms with E-state index in [-0.39, 0.29) is 12.0 Å². The van der Waals surface area contributed by atoms with Gasteiger partial charge in [-0.25, -0.2) is 5.06 Å². The molecule has 4 heteroatoms. The molecule has 2 aromatic rings. The van der Waals surface area contributed by atoms with E-state index in [9.17, 15) is 4.79 Å². The van der Waals surface area contributed by atoms with E-state index >= 15 is 0 Å². The highest BCUT2D eigenvalue weighted by Gasteiger charge is 2.23. The third kappa shape index (κ3) is 3.02. The Labute approximate surface area is 129 Å². The first kappa shape index (κ1) is 14.4. The van der Waals surface area contributed by atoms with E-state index in [0.29, 0.717) is 12.1 Å². The molecule has 22 heavy (non-hydrogen) atoms. The number of hydrogen-bond donors (Lipinski definition) is 0. The molecule has 0 N–H and O–H groups in total. The Morgan fingerprint density at radius 2 is 1.86 bits per heavy atom. The van der Waals surface area contributed by atoms with Gasteiger partial charge in [-0.1, -0.05) is 42.5 Å². The second kappa shape index (κ2) is 6.45. The van der Waals surface area contributed by atoms with Crippen LogP contribution in [0.3, 0.4) is 0 Å². The summed E-state index contributed by atoms with van der Waals surface area (Å²) in [7, 11) is 1.63. The van der Waals surface area contributed by atoms with Crippen molar-refractivity contribution in [3.05, 3.63) is 77.9 Å². The second-order valence-electron chi connectivity index (χ2n) is 4.96. The fourth-order valence-corrected chi connectivity index (χ4v) is 2.32. The Balaban J connectivity index is 1.75. The lowest BCUT2D eigenvalue weighted by Crippen LogP contribution is -2.34. The van der Waals surface area contributed by atoms with Crippen molar-refractivity contribution in [3.63, 3.8) is 0 Å². The molecule has 1 amide bonds. The summed E-state index contributed by atoms with van der Waals surface area (Å²) < 4.78 is 5.15. The lowest BCUT2D eigenvalue weighted by atomic mass is 10.1. The van der Waals surface area contributed by atoms with E-state index in [4.69, 9.17) is 9.57 Å². The average molecular weight is 295 g/mol. The number of rotatable bonds is 3. The van der Waals surface area contributed by atoms with Gasteiger partial charge in [-0.05, 0) is 29.8 Å². The summed E-state index contributed by atoms with van der Waals surface area (Å²) in [5.41, 5.74) is 1.59. The highest BCUT2D eigenvalue weighted by Crippen LogP contribution is 2.26. The summed E-state index contributed by atoms with van der Waals surface area (Å²) >= 11 is 0. The standard InChI is InChI=1S/C18H17NO3/c1-21-16-11-9-14(10-12-16)17-8-5-13-19(22-17)18(20)15-6-3-2-4-7-15/h2-12,17H,13H2,1H3. The van der Waals surface area contributed by atoms with Crippen LogP contribution in [0.5, 0.6) is 5.75 Å². The zero-order valence-electron chi connectivity index (χ0n) is 12.3. The Bertz CT molecular complexity index is 664. The van der Waals surface area contributed by atoms with Gasteiger partial charge in [0.1, 0.15) is 11.9 Å². The first-order chi connectivity index (χ1) is 10.8. The number of hydrogen-bond acceptors (Lipinski definition) is 3. The SMILES string of the molecule is COc1ccc(C2C=CCN(C(=O)c3ccccc3)O2)cc1. The Morgan fingerprint density at radius 1 is 1.14 bits per heavy atom. The molecule has 0 saturated carbocycles. The van der Waals surface area contributed by atoms with Crippen LogP contribution in [-0.4, -0.2) is 24.6 Å². The minimum absolute atomic E-state index is 0.136. The van der Waals surface area contributed by atoms with Crippen LogP contribution < -0.4 is 4.74 Å². The first-order valence-electron chi connectivity index (χ1n) is 7.12. The molecule has 1 aliphatic heterocycles. The van der Waals surface area contributed by atoms with Crippen LogP contribution in [0.1, 0.15) is 22.0 Å². The smallest absolute Gasteiger partial charge is 0.277 e. The minimum Gasteiger partial charge on any atom is -0.497 e. The topological polar surface area (TPSA) is 38.8 Å². The van der Waals surface area contributed by atoms with Crippen molar-refractivity contribution in [2.24, 2.45) is 0 Å². The van der Waals surface area contributed by atoms with E-state index < -0.39 is 0 Å². The van der Waals surface area contributed by atoms with E-state index in [1.54, 1.807) is 19.2 Å². The van der Waals surface area contributed by atoms with Gasteiger partial charge < -0.3 is 4.74 Å². The Morgan fingerprint density at radius 3 is 2.55 bits per heavy atom. The highest BCUT2D eigenvalue weighted by atomic mass is 16.7. The summed E-state index contributed by atoms with van der Waals surface area (Å²) in [5.74, 6) is 0.657. The van der Waals surface area contributed by atoms with Crippen LogP contribution in [0.15, 0.2) is 66.7 Å². The molecule has 1 atom stereocenters. The van der Waals surface area contributed by atoms with E-state index in [0.717, 1.165) is 11.3 Å². The molecule has 4 nitrogen and oxygen atoms in total.